The standard InChI is InChI=1S/C47H28N4O/c1-3-13-29(14-4-1)45-48-46(30-15-5-2-6-16-30)50-47(49-45)33-23-24-35-38(26-33)44-39(36-20-10-12-22-43(36)52-44)28-42(35)51-40-21-11-9-19-34(40)37-25-31-17-7-8-18-32(31)27-41(37)51/h1-28H. The highest BCUT2D eigenvalue weighted by Crippen LogP contribution is 2.42. The Hall–Kier alpha value is -7.11. The molecule has 0 aliphatic heterocycles. The number of furan rings is 1. The number of fused-ring (bicyclic) bond motifs is 9. The topological polar surface area (TPSA) is 56.7 Å². The molecule has 0 N–H and O–H groups in total. The quantitative estimate of drug-likeness (QED) is 0.188. The van der Waals surface area contributed by atoms with Crippen molar-refractivity contribution >= 4 is 65.3 Å². The van der Waals surface area contributed by atoms with Crippen molar-refractivity contribution in [3.63, 3.8) is 0 Å². The smallest absolute Gasteiger partial charge is 0.164 e. The molecule has 242 valence electrons. The van der Waals surface area contributed by atoms with Gasteiger partial charge in [-0.05, 0) is 47.2 Å². The lowest BCUT2D eigenvalue weighted by Gasteiger charge is -2.14. The number of hydrogen-bond acceptors (Lipinski definition) is 4. The van der Waals surface area contributed by atoms with Gasteiger partial charge in [0.1, 0.15) is 11.2 Å². The van der Waals surface area contributed by atoms with Crippen LogP contribution in [0, 0.1) is 0 Å². The molecule has 0 aliphatic carbocycles. The first kappa shape index (κ1) is 28.7. The summed E-state index contributed by atoms with van der Waals surface area (Å²) < 4.78 is 9.11. The minimum absolute atomic E-state index is 0.604. The number of aromatic nitrogens is 4. The summed E-state index contributed by atoms with van der Waals surface area (Å²) in [4.78, 5) is 15.0. The maximum Gasteiger partial charge on any atom is 0.164 e. The van der Waals surface area contributed by atoms with Crippen molar-refractivity contribution in [3.8, 4) is 39.9 Å². The zero-order valence-corrected chi connectivity index (χ0v) is 27.9. The zero-order valence-electron chi connectivity index (χ0n) is 27.9. The Labute approximate surface area is 298 Å². The molecular formula is C47H28N4O. The van der Waals surface area contributed by atoms with Crippen LogP contribution in [0.15, 0.2) is 174 Å². The monoisotopic (exact) mass is 664 g/mol. The van der Waals surface area contributed by atoms with E-state index in [-0.39, 0.29) is 0 Å². The van der Waals surface area contributed by atoms with Crippen LogP contribution in [0.4, 0.5) is 0 Å². The Morgan fingerprint density at radius 1 is 0.365 bits per heavy atom. The zero-order chi connectivity index (χ0) is 34.2. The first-order valence-corrected chi connectivity index (χ1v) is 17.4. The third-order valence-electron chi connectivity index (χ3n) is 10.2. The molecule has 0 aliphatic rings. The Morgan fingerprint density at radius 3 is 1.67 bits per heavy atom. The molecule has 5 heteroatoms. The average molecular weight is 665 g/mol. The van der Waals surface area contributed by atoms with E-state index in [4.69, 9.17) is 19.4 Å². The normalized spacial score (nSPS) is 11.8. The number of hydrogen-bond donors (Lipinski definition) is 0. The largest absolute Gasteiger partial charge is 0.455 e. The molecule has 0 saturated carbocycles. The highest BCUT2D eigenvalue weighted by atomic mass is 16.3. The predicted octanol–water partition coefficient (Wildman–Crippen LogP) is 12.2. The van der Waals surface area contributed by atoms with Crippen molar-refractivity contribution in [1.29, 1.82) is 0 Å². The summed E-state index contributed by atoms with van der Waals surface area (Å²) in [5.74, 6) is 1.86. The Kier molecular flexibility index (Phi) is 6.18. The fraction of sp³-hybridized carbons (Fsp3) is 0. The molecule has 3 heterocycles. The molecule has 0 atom stereocenters. The van der Waals surface area contributed by atoms with Crippen LogP contribution in [0.25, 0.3) is 105 Å². The number of benzene rings is 8. The van der Waals surface area contributed by atoms with Crippen LogP contribution in [-0.2, 0) is 0 Å². The predicted molar refractivity (Wildman–Crippen MR) is 213 cm³/mol. The van der Waals surface area contributed by atoms with E-state index in [1.54, 1.807) is 0 Å². The molecule has 0 fully saturated rings. The second-order valence-corrected chi connectivity index (χ2v) is 13.2. The molecule has 8 aromatic carbocycles. The van der Waals surface area contributed by atoms with Gasteiger partial charge in [0.15, 0.2) is 17.5 Å². The molecule has 3 aromatic heterocycles. The van der Waals surface area contributed by atoms with Gasteiger partial charge in [-0.2, -0.15) is 0 Å². The second-order valence-electron chi connectivity index (χ2n) is 13.2. The van der Waals surface area contributed by atoms with E-state index >= 15 is 0 Å². The third kappa shape index (κ3) is 4.39. The maximum atomic E-state index is 6.69. The molecule has 11 rings (SSSR count). The Bertz CT molecular complexity index is 3120. The van der Waals surface area contributed by atoms with Gasteiger partial charge >= 0.3 is 0 Å². The summed E-state index contributed by atoms with van der Waals surface area (Å²) in [6.07, 6.45) is 0. The lowest BCUT2D eigenvalue weighted by atomic mass is 10.0. The van der Waals surface area contributed by atoms with E-state index in [1.165, 1.54) is 21.5 Å². The molecular weight excluding hydrogens is 637 g/mol. The minimum atomic E-state index is 0.604. The lowest BCUT2D eigenvalue weighted by Crippen LogP contribution is -2.00. The van der Waals surface area contributed by atoms with E-state index in [0.717, 1.165) is 66.1 Å². The van der Waals surface area contributed by atoms with Gasteiger partial charge in [0.25, 0.3) is 0 Å². The minimum Gasteiger partial charge on any atom is -0.455 e. The summed E-state index contributed by atoms with van der Waals surface area (Å²) in [7, 11) is 0. The van der Waals surface area contributed by atoms with Crippen LogP contribution in [0.2, 0.25) is 0 Å². The molecule has 0 unspecified atom stereocenters. The fourth-order valence-electron chi connectivity index (χ4n) is 7.76. The van der Waals surface area contributed by atoms with Gasteiger partial charge in [-0.25, -0.2) is 15.0 Å². The van der Waals surface area contributed by atoms with Gasteiger partial charge in [-0.1, -0.05) is 133 Å². The molecule has 0 amide bonds. The molecule has 0 saturated heterocycles. The van der Waals surface area contributed by atoms with Crippen molar-refractivity contribution in [2.45, 2.75) is 0 Å². The molecule has 0 radical (unpaired) electrons. The Morgan fingerprint density at radius 2 is 0.942 bits per heavy atom. The van der Waals surface area contributed by atoms with Crippen molar-refractivity contribution in [2.75, 3.05) is 0 Å². The highest BCUT2D eigenvalue weighted by Gasteiger charge is 2.21. The molecule has 0 bridgehead atoms. The van der Waals surface area contributed by atoms with Crippen LogP contribution in [0.5, 0.6) is 0 Å². The molecule has 11 aromatic rings. The number of nitrogens with zero attached hydrogens (tertiary/aromatic N) is 4. The second kappa shape index (κ2) is 11.2. The van der Waals surface area contributed by atoms with Gasteiger partial charge in [-0.3, -0.25) is 0 Å². The van der Waals surface area contributed by atoms with Gasteiger partial charge in [0.05, 0.1) is 16.7 Å². The van der Waals surface area contributed by atoms with E-state index < -0.39 is 0 Å². The van der Waals surface area contributed by atoms with Crippen LogP contribution in [-0.4, -0.2) is 19.5 Å². The summed E-state index contributed by atoms with van der Waals surface area (Å²) >= 11 is 0. The summed E-state index contributed by atoms with van der Waals surface area (Å²) in [5, 5.41) is 9.09. The van der Waals surface area contributed by atoms with Gasteiger partial charge in [0.2, 0.25) is 0 Å². The first-order valence-electron chi connectivity index (χ1n) is 17.4. The first-order chi connectivity index (χ1) is 25.8. The third-order valence-corrected chi connectivity index (χ3v) is 10.2. The van der Waals surface area contributed by atoms with Crippen LogP contribution in [0.1, 0.15) is 0 Å². The SMILES string of the molecule is c1ccc(-c2nc(-c3ccccc3)nc(-c3ccc4c(-n5c6ccccc6c6cc7ccccc7cc65)cc5c6ccccc6oc5c4c3)n2)cc1. The summed E-state index contributed by atoms with van der Waals surface area (Å²) in [6.45, 7) is 0. The van der Waals surface area contributed by atoms with Gasteiger partial charge < -0.3 is 8.98 Å². The lowest BCUT2D eigenvalue weighted by molar-refractivity contribution is 0.672. The average Bonchev–Trinajstić information content (AvgIpc) is 3.75. The van der Waals surface area contributed by atoms with Crippen LogP contribution < -0.4 is 0 Å². The number of para-hydroxylation sites is 2. The molecule has 0 spiro atoms. The van der Waals surface area contributed by atoms with Crippen LogP contribution >= 0.6 is 0 Å². The van der Waals surface area contributed by atoms with Crippen molar-refractivity contribution in [3.05, 3.63) is 170 Å². The summed E-state index contributed by atoms with van der Waals surface area (Å²) in [5.41, 5.74) is 7.86. The van der Waals surface area contributed by atoms with Crippen molar-refractivity contribution in [1.82, 2.24) is 19.5 Å². The fourth-order valence-corrected chi connectivity index (χ4v) is 7.76. The van der Waals surface area contributed by atoms with Crippen LogP contribution in [0.3, 0.4) is 0 Å². The van der Waals surface area contributed by atoms with Crippen molar-refractivity contribution < 1.29 is 4.42 Å². The van der Waals surface area contributed by atoms with E-state index in [1.807, 2.05) is 72.8 Å². The van der Waals surface area contributed by atoms with E-state index in [0.29, 0.717) is 17.5 Å². The molecule has 52 heavy (non-hydrogen) atoms. The van der Waals surface area contributed by atoms with Gasteiger partial charge in [-0.15, -0.1) is 0 Å². The summed E-state index contributed by atoms with van der Waals surface area (Å²) in [6, 6.07) is 59.2. The number of rotatable bonds is 4. The van der Waals surface area contributed by atoms with Gasteiger partial charge in [0, 0.05) is 49.0 Å². The Balaban J connectivity index is 1.23. The van der Waals surface area contributed by atoms with E-state index in [2.05, 4.69) is 102 Å². The van der Waals surface area contributed by atoms with Crippen molar-refractivity contribution in [2.24, 2.45) is 0 Å². The molecule has 5 nitrogen and oxygen atoms in total. The maximum absolute atomic E-state index is 6.69. The highest BCUT2D eigenvalue weighted by molar-refractivity contribution is 6.20. The van der Waals surface area contributed by atoms with E-state index in [9.17, 15) is 0 Å².